The Hall–Kier alpha value is 3.76. The number of carboxylic acid groups (broad SMARTS) is 2. The third kappa shape index (κ3) is 14.0. The summed E-state index contributed by atoms with van der Waals surface area (Å²) in [6.45, 7) is 0. The molecule has 0 aliphatic heterocycles. The monoisotopic (exact) mass is 318 g/mol. The van der Waals surface area contributed by atoms with Crippen LogP contribution in [0.2, 0.25) is 0 Å². The van der Waals surface area contributed by atoms with E-state index < -0.39 is 33.7 Å². The maximum atomic E-state index is 10.2. The molecule has 1 unspecified atom stereocenters. The first-order valence-electron chi connectivity index (χ1n) is 2.66. The summed E-state index contributed by atoms with van der Waals surface area (Å²) in [6, 6.07) is 0. The molecule has 0 heterocycles. The predicted octanol–water partition coefficient (Wildman–Crippen LogP) is -9.85. The zero-order chi connectivity index (χ0) is 9.94. The summed E-state index contributed by atoms with van der Waals surface area (Å²) >= 11 is 0. The van der Waals surface area contributed by atoms with E-state index >= 15 is 0 Å². The summed E-state index contributed by atoms with van der Waals surface area (Å²) in [5.74, 6) is -3.50. The van der Waals surface area contributed by atoms with Crippen molar-refractivity contribution in [3.8, 4) is 0 Å². The van der Waals surface area contributed by atoms with Crippen molar-refractivity contribution >= 4 is 22.1 Å². The van der Waals surface area contributed by atoms with Crippen molar-refractivity contribution in [1.82, 2.24) is 0 Å². The van der Waals surface area contributed by atoms with Crippen molar-refractivity contribution in [2.24, 2.45) is 0 Å². The molecule has 7 nitrogen and oxygen atoms in total. The molecule has 0 aromatic carbocycles. The zero-order valence-electron chi connectivity index (χ0n) is 11.7. The Labute approximate surface area is 219 Å². The fourth-order valence-corrected chi connectivity index (χ4v) is 1.09. The van der Waals surface area contributed by atoms with E-state index in [-0.39, 0.29) is 158 Å². The fourth-order valence-electron chi connectivity index (χ4n) is 0.479. The van der Waals surface area contributed by atoms with Crippen molar-refractivity contribution < 1.29 is 191 Å². The van der Waals surface area contributed by atoms with Gasteiger partial charge in [0.1, 0.15) is 0 Å². The molecule has 0 aliphatic carbocycles. The van der Waals surface area contributed by atoms with Gasteiger partial charge in [0.2, 0.25) is 0 Å². The van der Waals surface area contributed by atoms with Gasteiger partial charge in [-0.2, -0.15) is 8.42 Å². The molecule has 0 fully saturated rings. The van der Waals surface area contributed by atoms with Crippen LogP contribution < -0.4 is 154 Å². The molecule has 0 saturated carbocycles. The summed E-state index contributed by atoms with van der Waals surface area (Å²) in [7, 11) is -4.84. The fraction of sp³-hybridized carbons (Fsp3) is 0.500. The standard InChI is InChI=1S/C4H6O7S.3K.3H/c5-3(6)1-2(4(7)8)12(9,10)11;;;;;;/h2H,1H2,(H,5,6)(H,7,8)(H,9,10,11);;;;;;/q;3*+1;3*-1. The Bertz CT molecular complexity index is 311. The maximum Gasteiger partial charge on any atom is 1.00 e. The largest absolute Gasteiger partial charge is 1.00 e. The molecule has 0 aromatic rings. The van der Waals surface area contributed by atoms with Gasteiger partial charge in [-0.05, 0) is 0 Å². The van der Waals surface area contributed by atoms with E-state index in [4.69, 9.17) is 14.8 Å². The minimum atomic E-state index is -4.84. The van der Waals surface area contributed by atoms with Crippen LogP contribution in [0.4, 0.5) is 0 Å². The van der Waals surface area contributed by atoms with Gasteiger partial charge >= 0.3 is 166 Å². The molecule has 0 aromatic heterocycles. The topological polar surface area (TPSA) is 129 Å². The van der Waals surface area contributed by atoms with Gasteiger partial charge in [-0.1, -0.05) is 0 Å². The number of aliphatic carboxylic acids is 2. The van der Waals surface area contributed by atoms with Gasteiger partial charge in [0, 0.05) is 0 Å². The van der Waals surface area contributed by atoms with E-state index in [0.29, 0.717) is 0 Å². The molecule has 0 amide bonds. The number of rotatable bonds is 4. The smallest absolute Gasteiger partial charge is 1.00 e. The molecule has 0 spiro atoms. The van der Waals surface area contributed by atoms with Crippen LogP contribution in [0.15, 0.2) is 0 Å². The van der Waals surface area contributed by atoms with Gasteiger partial charge in [-0.3, -0.25) is 14.1 Å². The predicted molar refractivity (Wildman–Crippen MR) is 38.6 cm³/mol. The molecule has 15 heavy (non-hydrogen) atoms. The average Bonchev–Trinajstić information content (AvgIpc) is 1.79. The van der Waals surface area contributed by atoms with Gasteiger partial charge < -0.3 is 14.5 Å². The van der Waals surface area contributed by atoms with E-state index in [0.717, 1.165) is 0 Å². The quantitative estimate of drug-likeness (QED) is 0.347. The SMILES string of the molecule is O=C(O)CC(C(=O)O)S(=O)(=O)O.[H-].[H-].[H-].[K+].[K+].[K+]. The average molecular weight is 318 g/mol. The first-order valence-corrected chi connectivity index (χ1v) is 4.16. The Balaban J connectivity index is -0.0000000403. The van der Waals surface area contributed by atoms with Crippen LogP contribution >= 0.6 is 0 Å². The van der Waals surface area contributed by atoms with Crippen LogP contribution in [0.3, 0.4) is 0 Å². The summed E-state index contributed by atoms with van der Waals surface area (Å²) in [5, 5.41) is 13.9. The number of hydrogen-bond acceptors (Lipinski definition) is 4. The maximum absolute atomic E-state index is 10.2. The van der Waals surface area contributed by atoms with Crippen molar-refractivity contribution in [1.29, 1.82) is 0 Å². The second kappa shape index (κ2) is 12.8. The van der Waals surface area contributed by atoms with Crippen LogP contribution in [0.1, 0.15) is 10.7 Å². The van der Waals surface area contributed by atoms with Crippen molar-refractivity contribution in [2.75, 3.05) is 0 Å². The molecule has 0 bridgehead atoms. The second-order valence-electron chi connectivity index (χ2n) is 1.94. The third-order valence-electron chi connectivity index (χ3n) is 0.995. The van der Waals surface area contributed by atoms with Crippen LogP contribution in [0, 0.1) is 0 Å². The van der Waals surface area contributed by atoms with E-state index in [2.05, 4.69) is 0 Å². The first kappa shape index (κ1) is 27.2. The Morgan fingerprint density at radius 1 is 1.13 bits per heavy atom. The van der Waals surface area contributed by atoms with E-state index in [9.17, 15) is 18.0 Å². The van der Waals surface area contributed by atoms with Crippen LogP contribution in [0.25, 0.3) is 0 Å². The number of carbonyl (C=O) groups is 2. The summed E-state index contributed by atoms with van der Waals surface area (Å²) in [6.07, 6.45) is -1.16. The summed E-state index contributed by atoms with van der Waals surface area (Å²) in [5.41, 5.74) is 0. The normalized spacial score (nSPS) is 11.0. The molecular weight excluding hydrogens is 309 g/mol. The van der Waals surface area contributed by atoms with Crippen LogP contribution in [-0.2, 0) is 19.7 Å². The Kier molecular flexibility index (Phi) is 23.1. The Morgan fingerprint density at radius 3 is 1.53 bits per heavy atom. The van der Waals surface area contributed by atoms with Gasteiger partial charge in [0.05, 0.1) is 6.42 Å². The van der Waals surface area contributed by atoms with Crippen LogP contribution in [-0.4, -0.2) is 40.4 Å². The molecule has 0 rings (SSSR count). The van der Waals surface area contributed by atoms with Crippen molar-refractivity contribution in [3.05, 3.63) is 0 Å². The third-order valence-corrected chi connectivity index (χ3v) is 2.08. The van der Waals surface area contributed by atoms with Gasteiger partial charge in [-0.15, -0.1) is 0 Å². The number of carboxylic acids is 2. The molecule has 76 valence electrons. The van der Waals surface area contributed by atoms with Gasteiger partial charge in [-0.25, -0.2) is 0 Å². The molecule has 0 saturated heterocycles. The van der Waals surface area contributed by atoms with E-state index in [1.807, 2.05) is 0 Å². The van der Waals surface area contributed by atoms with Crippen molar-refractivity contribution in [3.63, 3.8) is 0 Å². The minimum Gasteiger partial charge on any atom is -1.00 e. The molecule has 11 heteroatoms. The molecule has 3 N–H and O–H groups in total. The second-order valence-corrected chi connectivity index (χ2v) is 3.54. The van der Waals surface area contributed by atoms with E-state index in [1.165, 1.54) is 0 Å². The molecule has 0 aliphatic rings. The minimum absolute atomic E-state index is 0. The van der Waals surface area contributed by atoms with E-state index in [1.54, 1.807) is 0 Å². The Morgan fingerprint density at radius 2 is 1.47 bits per heavy atom. The van der Waals surface area contributed by atoms with Gasteiger partial charge in [0.15, 0.2) is 5.25 Å². The van der Waals surface area contributed by atoms with Crippen molar-refractivity contribution in [2.45, 2.75) is 11.7 Å². The van der Waals surface area contributed by atoms with Gasteiger partial charge in [0.25, 0.3) is 10.1 Å². The summed E-state index contributed by atoms with van der Waals surface area (Å²) < 4.78 is 28.7. The zero-order valence-corrected chi connectivity index (χ0v) is 18.9. The first-order chi connectivity index (χ1) is 5.25. The molecule has 1 atom stereocenters. The molecule has 0 radical (unpaired) electrons. The summed E-state index contributed by atoms with van der Waals surface area (Å²) in [4.78, 5) is 20.0. The number of hydrogen-bond donors (Lipinski definition) is 3. The molecular formula is C4H9K3O7S. The van der Waals surface area contributed by atoms with Crippen LogP contribution in [0.5, 0.6) is 0 Å².